The van der Waals surface area contributed by atoms with Gasteiger partial charge in [0.2, 0.25) is 0 Å². The summed E-state index contributed by atoms with van der Waals surface area (Å²) in [6.07, 6.45) is 4.05. The lowest BCUT2D eigenvalue weighted by Crippen LogP contribution is -2.30. The van der Waals surface area contributed by atoms with Crippen molar-refractivity contribution >= 4 is 11.9 Å². The third-order valence-electron chi connectivity index (χ3n) is 2.66. The predicted molar refractivity (Wildman–Crippen MR) is 73.1 cm³/mol. The second kappa shape index (κ2) is 6.54. The fourth-order valence-electron chi connectivity index (χ4n) is 1.81. The van der Waals surface area contributed by atoms with Crippen molar-refractivity contribution < 1.29 is 19.4 Å². The fraction of sp³-hybridized carbons (Fsp3) is 0.643. The first-order valence-corrected chi connectivity index (χ1v) is 6.59. The molecule has 1 N–H and O–H groups in total. The molecule has 0 fully saturated rings. The summed E-state index contributed by atoms with van der Waals surface area (Å²) in [5, 5.41) is 8.78. The number of carbonyl (C=O) groups excluding carboxylic acids is 1. The zero-order chi connectivity index (χ0) is 15.3. The van der Waals surface area contributed by atoms with Gasteiger partial charge < -0.3 is 14.4 Å². The molecule has 0 aliphatic carbocycles. The lowest BCUT2D eigenvalue weighted by atomic mass is 9.97. The highest BCUT2D eigenvalue weighted by Gasteiger charge is 2.26. The molecule has 0 aliphatic rings. The number of hydrogen-bond acceptors (Lipinski definition) is 4. The lowest BCUT2D eigenvalue weighted by Gasteiger charge is -2.23. The highest BCUT2D eigenvalue weighted by atomic mass is 16.6. The Kier molecular flexibility index (Phi) is 5.30. The maximum atomic E-state index is 12.1. The molecule has 0 amide bonds. The molecule has 1 heterocycles. The minimum atomic E-state index is -0.917. The Morgan fingerprint density at radius 3 is 2.55 bits per heavy atom. The number of carbonyl (C=O) groups is 2. The van der Waals surface area contributed by atoms with Gasteiger partial charge in [0.25, 0.3) is 0 Å². The van der Waals surface area contributed by atoms with Crippen molar-refractivity contribution in [1.82, 2.24) is 9.55 Å². The van der Waals surface area contributed by atoms with Gasteiger partial charge in [0.1, 0.15) is 5.60 Å². The molecule has 1 aromatic rings. The Hall–Kier alpha value is -1.85. The van der Waals surface area contributed by atoms with Crippen LogP contribution in [0.2, 0.25) is 0 Å². The van der Waals surface area contributed by atoms with Gasteiger partial charge in [0.05, 0.1) is 17.9 Å². The molecule has 0 saturated heterocycles. The molecule has 0 radical (unpaired) electrons. The van der Waals surface area contributed by atoms with E-state index in [4.69, 9.17) is 9.84 Å². The Morgan fingerprint density at radius 2 is 2.10 bits per heavy atom. The number of rotatable bonds is 6. The zero-order valence-corrected chi connectivity index (χ0v) is 12.4. The van der Waals surface area contributed by atoms with Gasteiger partial charge in [-0.15, -0.1) is 0 Å². The summed E-state index contributed by atoms with van der Waals surface area (Å²) in [5.41, 5.74) is 0.177. The SMILES string of the molecule is Cn1cnc(C[C@H](CCC(=O)O)C(=O)OC(C)(C)C)c1. The van der Waals surface area contributed by atoms with Gasteiger partial charge in [-0.3, -0.25) is 9.59 Å². The van der Waals surface area contributed by atoms with Crippen LogP contribution in [0.5, 0.6) is 0 Å². The summed E-state index contributed by atoms with van der Waals surface area (Å²) in [5.74, 6) is -1.77. The van der Waals surface area contributed by atoms with E-state index in [9.17, 15) is 9.59 Å². The van der Waals surface area contributed by atoms with Gasteiger partial charge in [0, 0.05) is 26.1 Å². The van der Waals surface area contributed by atoms with E-state index >= 15 is 0 Å². The zero-order valence-electron chi connectivity index (χ0n) is 12.4. The summed E-state index contributed by atoms with van der Waals surface area (Å²) in [7, 11) is 1.84. The van der Waals surface area contributed by atoms with Crippen molar-refractivity contribution in [3.63, 3.8) is 0 Å². The quantitative estimate of drug-likeness (QED) is 0.804. The van der Waals surface area contributed by atoms with E-state index in [0.29, 0.717) is 6.42 Å². The number of carboxylic acid groups (broad SMARTS) is 1. The fourth-order valence-corrected chi connectivity index (χ4v) is 1.81. The van der Waals surface area contributed by atoms with Gasteiger partial charge in [0.15, 0.2) is 0 Å². The molecule has 1 atom stereocenters. The van der Waals surface area contributed by atoms with E-state index in [1.807, 2.05) is 13.2 Å². The molecule has 6 nitrogen and oxygen atoms in total. The number of aryl methyl sites for hydroxylation is 1. The first kappa shape index (κ1) is 16.2. The summed E-state index contributed by atoms with van der Waals surface area (Å²) < 4.78 is 7.14. The highest BCUT2D eigenvalue weighted by molar-refractivity contribution is 5.74. The number of esters is 1. The first-order chi connectivity index (χ1) is 9.17. The summed E-state index contributed by atoms with van der Waals surface area (Å²) in [6, 6.07) is 0. The number of aliphatic carboxylic acids is 1. The monoisotopic (exact) mass is 282 g/mol. The maximum Gasteiger partial charge on any atom is 0.309 e. The van der Waals surface area contributed by atoms with E-state index in [-0.39, 0.29) is 18.8 Å². The van der Waals surface area contributed by atoms with Gasteiger partial charge in [-0.05, 0) is 27.2 Å². The minimum Gasteiger partial charge on any atom is -0.481 e. The lowest BCUT2D eigenvalue weighted by molar-refractivity contribution is -0.160. The van der Waals surface area contributed by atoms with Gasteiger partial charge in [-0.2, -0.15) is 0 Å². The average Bonchev–Trinajstić information content (AvgIpc) is 2.67. The predicted octanol–water partition coefficient (Wildman–Crippen LogP) is 1.79. The number of aromatic nitrogens is 2. The third kappa shape index (κ3) is 5.86. The van der Waals surface area contributed by atoms with Crippen molar-refractivity contribution in [2.45, 2.75) is 45.6 Å². The van der Waals surface area contributed by atoms with E-state index in [1.54, 1.807) is 31.7 Å². The topological polar surface area (TPSA) is 81.4 Å². The van der Waals surface area contributed by atoms with Crippen molar-refractivity contribution in [2.24, 2.45) is 13.0 Å². The van der Waals surface area contributed by atoms with Gasteiger partial charge in [-0.25, -0.2) is 4.98 Å². The largest absolute Gasteiger partial charge is 0.481 e. The van der Waals surface area contributed by atoms with Crippen LogP contribution in [0.15, 0.2) is 12.5 Å². The second-order valence-electron chi connectivity index (χ2n) is 5.90. The standard InChI is InChI=1S/C14H22N2O4/c1-14(2,3)20-13(19)10(5-6-12(17)18)7-11-8-16(4)9-15-11/h8-10H,5-7H2,1-4H3,(H,17,18)/t10-/m0/s1. The third-order valence-corrected chi connectivity index (χ3v) is 2.66. The van der Waals surface area contributed by atoms with Gasteiger partial charge >= 0.3 is 11.9 Å². The molecule has 6 heteroatoms. The Morgan fingerprint density at radius 1 is 1.45 bits per heavy atom. The van der Waals surface area contributed by atoms with Crippen LogP contribution in [-0.4, -0.2) is 32.2 Å². The molecule has 112 valence electrons. The molecular formula is C14H22N2O4. The van der Waals surface area contributed by atoms with Crippen LogP contribution in [0, 0.1) is 5.92 Å². The van der Waals surface area contributed by atoms with Crippen LogP contribution in [-0.2, 0) is 27.8 Å². The number of ether oxygens (including phenoxy) is 1. The molecule has 0 saturated carbocycles. The first-order valence-electron chi connectivity index (χ1n) is 6.59. The van der Waals surface area contributed by atoms with Crippen LogP contribution in [0.25, 0.3) is 0 Å². The minimum absolute atomic E-state index is 0.0588. The molecule has 0 unspecified atom stereocenters. The molecule has 0 aliphatic heterocycles. The number of carboxylic acids is 1. The van der Waals surface area contributed by atoms with Crippen LogP contribution in [0.1, 0.15) is 39.3 Å². The van der Waals surface area contributed by atoms with E-state index in [2.05, 4.69) is 4.98 Å². The van der Waals surface area contributed by atoms with E-state index < -0.39 is 17.5 Å². The Labute approximate surface area is 118 Å². The summed E-state index contributed by atoms with van der Waals surface area (Å²) in [6.45, 7) is 5.37. The average molecular weight is 282 g/mol. The van der Waals surface area contributed by atoms with Crippen LogP contribution >= 0.6 is 0 Å². The molecule has 0 aromatic carbocycles. The van der Waals surface area contributed by atoms with Crippen molar-refractivity contribution in [2.75, 3.05) is 0 Å². The van der Waals surface area contributed by atoms with Crippen LogP contribution in [0.4, 0.5) is 0 Å². The number of nitrogens with zero attached hydrogens (tertiary/aromatic N) is 2. The van der Waals surface area contributed by atoms with Crippen LogP contribution in [0.3, 0.4) is 0 Å². The highest BCUT2D eigenvalue weighted by Crippen LogP contribution is 2.19. The number of hydrogen-bond donors (Lipinski definition) is 1. The van der Waals surface area contributed by atoms with E-state index in [1.165, 1.54) is 0 Å². The van der Waals surface area contributed by atoms with E-state index in [0.717, 1.165) is 5.69 Å². The molecule has 0 bridgehead atoms. The molecule has 20 heavy (non-hydrogen) atoms. The second-order valence-corrected chi connectivity index (χ2v) is 5.90. The molecule has 1 rings (SSSR count). The van der Waals surface area contributed by atoms with Crippen molar-refractivity contribution in [1.29, 1.82) is 0 Å². The maximum absolute atomic E-state index is 12.1. The molecule has 0 spiro atoms. The Bertz CT molecular complexity index is 474. The molecule has 1 aromatic heterocycles. The van der Waals surface area contributed by atoms with Crippen LogP contribution < -0.4 is 0 Å². The smallest absolute Gasteiger partial charge is 0.309 e. The summed E-state index contributed by atoms with van der Waals surface area (Å²) in [4.78, 5) is 27.0. The molecular weight excluding hydrogens is 260 g/mol. The van der Waals surface area contributed by atoms with Crippen molar-refractivity contribution in [3.8, 4) is 0 Å². The van der Waals surface area contributed by atoms with Crippen molar-refractivity contribution in [3.05, 3.63) is 18.2 Å². The summed E-state index contributed by atoms with van der Waals surface area (Å²) >= 11 is 0. The Balaban J connectivity index is 2.73. The van der Waals surface area contributed by atoms with Gasteiger partial charge in [-0.1, -0.05) is 0 Å². The number of imidazole rings is 1. The normalized spacial score (nSPS) is 13.0.